The third kappa shape index (κ3) is 2.76. The van der Waals surface area contributed by atoms with Crippen molar-refractivity contribution in [3.05, 3.63) is 65.4 Å². The Balaban J connectivity index is 1.85. The number of aromatic nitrogens is 1. The molecule has 1 aliphatic heterocycles. The molecule has 0 radical (unpaired) electrons. The first-order chi connectivity index (χ1) is 12.2. The first-order valence-corrected chi connectivity index (χ1v) is 8.48. The summed E-state index contributed by atoms with van der Waals surface area (Å²) in [5.74, 6) is -0.0428. The molecule has 128 valence electrons. The molecule has 0 bridgehead atoms. The Morgan fingerprint density at radius 1 is 1.24 bits per heavy atom. The maximum atomic E-state index is 11.7. The van der Waals surface area contributed by atoms with E-state index >= 15 is 0 Å². The fourth-order valence-corrected chi connectivity index (χ4v) is 3.61. The SMILES string of the molecule is CCOc1cccc(C2NC(C(=O)O)Cc3c2[nH]c2ccccc32)c1. The monoisotopic (exact) mass is 336 g/mol. The minimum Gasteiger partial charge on any atom is -0.494 e. The van der Waals surface area contributed by atoms with Crippen molar-refractivity contribution in [3.63, 3.8) is 0 Å². The predicted molar refractivity (Wildman–Crippen MR) is 96.0 cm³/mol. The molecule has 2 heterocycles. The molecular formula is C20H20N2O3. The van der Waals surface area contributed by atoms with E-state index in [1.807, 2.05) is 55.5 Å². The average molecular weight is 336 g/mol. The number of ether oxygens (including phenoxy) is 1. The van der Waals surface area contributed by atoms with Crippen LogP contribution in [0, 0.1) is 0 Å². The smallest absolute Gasteiger partial charge is 0.321 e. The van der Waals surface area contributed by atoms with Gasteiger partial charge in [0, 0.05) is 23.0 Å². The van der Waals surface area contributed by atoms with Crippen LogP contribution in [-0.2, 0) is 11.2 Å². The number of H-pyrrole nitrogens is 1. The molecular weight excluding hydrogens is 316 g/mol. The van der Waals surface area contributed by atoms with Gasteiger partial charge in [0.25, 0.3) is 0 Å². The van der Waals surface area contributed by atoms with E-state index in [2.05, 4.69) is 10.3 Å². The fraction of sp³-hybridized carbons (Fsp3) is 0.250. The number of carboxylic acids is 1. The number of aromatic amines is 1. The molecule has 0 aliphatic carbocycles. The van der Waals surface area contributed by atoms with Crippen molar-refractivity contribution in [1.29, 1.82) is 0 Å². The van der Waals surface area contributed by atoms with Gasteiger partial charge in [0.05, 0.1) is 12.6 Å². The first kappa shape index (κ1) is 15.7. The van der Waals surface area contributed by atoms with E-state index in [0.717, 1.165) is 33.5 Å². The second-order valence-corrected chi connectivity index (χ2v) is 6.26. The summed E-state index contributed by atoms with van der Waals surface area (Å²) in [4.78, 5) is 15.2. The van der Waals surface area contributed by atoms with E-state index in [-0.39, 0.29) is 6.04 Å². The molecule has 4 rings (SSSR count). The summed E-state index contributed by atoms with van der Waals surface area (Å²) in [7, 11) is 0. The number of para-hydroxylation sites is 1. The molecule has 5 nitrogen and oxygen atoms in total. The van der Waals surface area contributed by atoms with Gasteiger partial charge < -0.3 is 14.8 Å². The van der Waals surface area contributed by atoms with Crippen LogP contribution in [0.15, 0.2) is 48.5 Å². The van der Waals surface area contributed by atoms with E-state index in [4.69, 9.17) is 4.74 Å². The number of benzene rings is 2. The summed E-state index contributed by atoms with van der Waals surface area (Å²) < 4.78 is 5.60. The Kier molecular flexibility index (Phi) is 3.93. The van der Waals surface area contributed by atoms with Crippen LogP contribution in [0.4, 0.5) is 0 Å². The summed E-state index contributed by atoms with van der Waals surface area (Å²) in [6.07, 6.45) is 0.469. The Morgan fingerprint density at radius 2 is 2.08 bits per heavy atom. The maximum absolute atomic E-state index is 11.7. The van der Waals surface area contributed by atoms with Gasteiger partial charge in [-0.1, -0.05) is 30.3 Å². The Bertz CT molecular complexity index is 932. The highest BCUT2D eigenvalue weighted by atomic mass is 16.5. The lowest BCUT2D eigenvalue weighted by Crippen LogP contribution is -2.44. The highest BCUT2D eigenvalue weighted by Crippen LogP contribution is 2.36. The molecule has 1 aliphatic rings. The van der Waals surface area contributed by atoms with Gasteiger partial charge in [-0.15, -0.1) is 0 Å². The maximum Gasteiger partial charge on any atom is 0.321 e. The molecule has 0 saturated carbocycles. The van der Waals surface area contributed by atoms with Gasteiger partial charge in [-0.25, -0.2) is 0 Å². The number of carboxylic acid groups (broad SMARTS) is 1. The van der Waals surface area contributed by atoms with Crippen molar-refractivity contribution in [2.75, 3.05) is 6.61 Å². The van der Waals surface area contributed by atoms with Crippen molar-refractivity contribution in [2.24, 2.45) is 0 Å². The highest BCUT2D eigenvalue weighted by molar-refractivity contribution is 5.87. The van der Waals surface area contributed by atoms with E-state index in [1.54, 1.807) is 0 Å². The molecule has 3 N–H and O–H groups in total. The lowest BCUT2D eigenvalue weighted by atomic mass is 9.90. The molecule has 0 spiro atoms. The van der Waals surface area contributed by atoms with E-state index in [1.165, 1.54) is 0 Å². The third-order valence-electron chi connectivity index (χ3n) is 4.71. The lowest BCUT2D eigenvalue weighted by Gasteiger charge is -2.29. The number of carbonyl (C=O) groups is 1. The van der Waals surface area contributed by atoms with Crippen molar-refractivity contribution in [1.82, 2.24) is 10.3 Å². The number of aliphatic carboxylic acids is 1. The normalized spacial score (nSPS) is 19.6. The Labute approximate surface area is 145 Å². The molecule has 3 aromatic rings. The van der Waals surface area contributed by atoms with Gasteiger partial charge in [0.1, 0.15) is 11.8 Å². The van der Waals surface area contributed by atoms with Crippen molar-refractivity contribution >= 4 is 16.9 Å². The molecule has 25 heavy (non-hydrogen) atoms. The van der Waals surface area contributed by atoms with Gasteiger partial charge in [-0.3, -0.25) is 10.1 Å². The molecule has 0 amide bonds. The summed E-state index contributed by atoms with van der Waals surface area (Å²) in [5.41, 5.74) is 4.14. The van der Waals surface area contributed by atoms with Crippen molar-refractivity contribution in [3.8, 4) is 5.75 Å². The first-order valence-electron chi connectivity index (χ1n) is 8.48. The standard InChI is InChI=1S/C20H20N2O3/c1-2-25-13-7-5-6-12(10-13)18-19-15(11-17(22-18)20(23)24)14-8-3-4-9-16(14)21-19/h3-10,17-18,21-22H,2,11H2,1H3,(H,23,24). The number of rotatable bonds is 4. The average Bonchev–Trinajstić information content (AvgIpc) is 3.00. The van der Waals surface area contributed by atoms with Crippen LogP contribution in [-0.4, -0.2) is 28.7 Å². The summed E-state index contributed by atoms with van der Waals surface area (Å²) in [5, 5.41) is 13.9. The molecule has 0 fully saturated rings. The summed E-state index contributed by atoms with van der Waals surface area (Å²) in [6, 6.07) is 15.0. The van der Waals surface area contributed by atoms with Crippen LogP contribution >= 0.6 is 0 Å². The zero-order valence-electron chi connectivity index (χ0n) is 14.0. The molecule has 2 atom stereocenters. The van der Waals surface area contributed by atoms with E-state index in [9.17, 15) is 9.90 Å². The topological polar surface area (TPSA) is 74.3 Å². The minimum absolute atomic E-state index is 0.211. The number of hydrogen-bond donors (Lipinski definition) is 3. The lowest BCUT2D eigenvalue weighted by molar-refractivity contribution is -0.139. The predicted octanol–water partition coefficient (Wildman–Crippen LogP) is 3.25. The molecule has 2 unspecified atom stereocenters. The molecule has 0 saturated heterocycles. The summed E-state index contributed by atoms with van der Waals surface area (Å²) >= 11 is 0. The number of nitrogens with one attached hydrogen (secondary N) is 2. The second kappa shape index (κ2) is 6.26. The zero-order chi connectivity index (χ0) is 17.4. The van der Waals surface area contributed by atoms with Crippen LogP contribution < -0.4 is 10.1 Å². The molecule has 5 heteroatoms. The number of fused-ring (bicyclic) bond motifs is 3. The highest BCUT2D eigenvalue weighted by Gasteiger charge is 2.33. The Hall–Kier alpha value is -2.79. The van der Waals surface area contributed by atoms with Crippen LogP contribution in [0.1, 0.15) is 29.8 Å². The molecule has 1 aromatic heterocycles. The van der Waals surface area contributed by atoms with Gasteiger partial charge >= 0.3 is 5.97 Å². The summed E-state index contributed by atoms with van der Waals surface area (Å²) in [6.45, 7) is 2.54. The van der Waals surface area contributed by atoms with Crippen molar-refractivity contribution < 1.29 is 14.6 Å². The van der Waals surface area contributed by atoms with E-state index < -0.39 is 12.0 Å². The fourth-order valence-electron chi connectivity index (χ4n) is 3.61. The van der Waals surface area contributed by atoms with Crippen LogP contribution in [0.2, 0.25) is 0 Å². The molecule has 2 aromatic carbocycles. The van der Waals surface area contributed by atoms with Crippen LogP contribution in [0.25, 0.3) is 10.9 Å². The minimum atomic E-state index is -0.832. The van der Waals surface area contributed by atoms with Gasteiger partial charge in [-0.05, 0) is 36.2 Å². The van der Waals surface area contributed by atoms with Crippen LogP contribution in [0.5, 0.6) is 5.75 Å². The van der Waals surface area contributed by atoms with Gasteiger partial charge in [0.2, 0.25) is 0 Å². The van der Waals surface area contributed by atoms with E-state index in [0.29, 0.717) is 13.0 Å². The number of hydrogen-bond acceptors (Lipinski definition) is 3. The zero-order valence-corrected chi connectivity index (χ0v) is 14.0. The van der Waals surface area contributed by atoms with Crippen LogP contribution in [0.3, 0.4) is 0 Å². The second-order valence-electron chi connectivity index (χ2n) is 6.26. The van der Waals surface area contributed by atoms with Crippen molar-refractivity contribution in [2.45, 2.75) is 25.4 Å². The third-order valence-corrected chi connectivity index (χ3v) is 4.71. The van der Waals surface area contributed by atoms with Gasteiger partial charge in [-0.2, -0.15) is 0 Å². The quantitative estimate of drug-likeness (QED) is 0.684. The largest absolute Gasteiger partial charge is 0.494 e. The van der Waals surface area contributed by atoms with Gasteiger partial charge in [0.15, 0.2) is 0 Å². The Morgan fingerprint density at radius 3 is 2.88 bits per heavy atom.